The lowest BCUT2D eigenvalue weighted by Gasteiger charge is -2.18. The van der Waals surface area contributed by atoms with Gasteiger partial charge in [-0.1, -0.05) is 168 Å². The number of aromatic nitrogens is 4. The predicted molar refractivity (Wildman–Crippen MR) is 247 cm³/mol. The first-order valence-electron chi connectivity index (χ1n) is 25.1. The summed E-state index contributed by atoms with van der Waals surface area (Å²) < 4.78 is 29.3. The monoisotopic (exact) mass is 902 g/mol. The molecule has 2 aromatic heterocycles. The molecule has 1 aliphatic heterocycles. The van der Waals surface area contributed by atoms with Gasteiger partial charge >= 0.3 is 23.9 Å². The average Bonchev–Trinajstić information content (AvgIpc) is 3.89. The number of nitrogens with two attached hydrogens (primary N) is 1. The van der Waals surface area contributed by atoms with Crippen molar-refractivity contribution in [3.05, 3.63) is 12.7 Å². The Bertz CT molecular complexity index is 1570. The van der Waals surface area contributed by atoms with Gasteiger partial charge in [0, 0.05) is 19.3 Å². The van der Waals surface area contributed by atoms with E-state index in [9.17, 15) is 24.3 Å². The van der Waals surface area contributed by atoms with Crippen molar-refractivity contribution in [1.29, 1.82) is 0 Å². The zero-order valence-electron chi connectivity index (χ0n) is 39.5. The normalized spacial score (nSPS) is 16.5. The molecule has 3 N–H and O–H groups in total. The highest BCUT2D eigenvalue weighted by Gasteiger charge is 2.37. The number of rotatable bonds is 39. The number of hydrogen-bond donors (Lipinski definition) is 2. The maximum Gasteiger partial charge on any atom is 0.306 e. The van der Waals surface area contributed by atoms with Crippen molar-refractivity contribution in [2.24, 2.45) is 0 Å². The van der Waals surface area contributed by atoms with Crippen LogP contribution in [0.1, 0.15) is 219 Å². The highest BCUT2D eigenvalue weighted by Crippen LogP contribution is 2.32. The lowest BCUT2D eigenvalue weighted by atomic mass is 10.0. The second-order valence-corrected chi connectivity index (χ2v) is 17.7. The quantitative estimate of drug-likeness (QED) is 0.0364. The maximum absolute atomic E-state index is 12.8. The Morgan fingerprint density at radius 3 is 1.56 bits per heavy atom. The van der Waals surface area contributed by atoms with Crippen molar-refractivity contribution in [2.45, 2.75) is 237 Å². The van der Waals surface area contributed by atoms with Gasteiger partial charge in [0.05, 0.1) is 25.3 Å². The summed E-state index contributed by atoms with van der Waals surface area (Å²) >= 11 is 0. The zero-order valence-corrected chi connectivity index (χ0v) is 39.5. The summed E-state index contributed by atoms with van der Waals surface area (Å²) in [5, 5.41) is 10.7. The van der Waals surface area contributed by atoms with E-state index in [2.05, 4.69) is 28.8 Å². The molecular formula is C49H83N5O10. The van der Waals surface area contributed by atoms with Gasteiger partial charge in [-0.3, -0.25) is 23.7 Å². The Hall–Kier alpha value is -3.85. The van der Waals surface area contributed by atoms with E-state index < -0.39 is 42.4 Å². The minimum absolute atomic E-state index is 0.132. The third-order valence-corrected chi connectivity index (χ3v) is 11.9. The van der Waals surface area contributed by atoms with Crippen LogP contribution < -0.4 is 5.73 Å². The second-order valence-electron chi connectivity index (χ2n) is 17.7. The molecule has 15 heteroatoms. The Balaban J connectivity index is 1.33. The van der Waals surface area contributed by atoms with Crippen LogP contribution in [0.2, 0.25) is 0 Å². The van der Waals surface area contributed by atoms with E-state index in [-0.39, 0.29) is 63.7 Å². The first kappa shape index (κ1) is 54.5. The van der Waals surface area contributed by atoms with Crippen molar-refractivity contribution in [1.82, 2.24) is 19.5 Å². The Kier molecular flexibility index (Phi) is 29.4. The molecule has 4 atom stereocenters. The van der Waals surface area contributed by atoms with E-state index in [1.54, 1.807) is 4.57 Å². The SMILES string of the molecule is CCCCCCCCCCCCCCCC(=O)OCC(COC(=O)CCC(=O)OC[C@@H]1C[C@@H](O)[C@H](n2cnc3c(N)ncnc32)O1)OC(=O)CCCCCCCCCCCCCCC. The lowest BCUT2D eigenvalue weighted by Crippen LogP contribution is -2.31. The summed E-state index contributed by atoms with van der Waals surface area (Å²) in [6.45, 7) is 3.83. The Morgan fingerprint density at radius 2 is 1.06 bits per heavy atom. The number of unbranched alkanes of at least 4 members (excludes halogenated alkanes) is 24. The number of carbonyl (C=O) groups excluding carboxylic acids is 4. The molecule has 0 aromatic carbocycles. The number of aliphatic hydroxyl groups is 1. The molecule has 364 valence electrons. The van der Waals surface area contributed by atoms with Crippen LogP contribution in [-0.4, -0.2) is 86.6 Å². The number of hydrogen-bond acceptors (Lipinski definition) is 14. The first-order valence-corrected chi connectivity index (χ1v) is 25.1. The molecule has 0 saturated carbocycles. The van der Waals surface area contributed by atoms with E-state index in [0.29, 0.717) is 17.6 Å². The van der Waals surface area contributed by atoms with Crippen LogP contribution in [0, 0.1) is 0 Å². The molecule has 1 fully saturated rings. The van der Waals surface area contributed by atoms with E-state index in [1.807, 2.05) is 0 Å². The van der Waals surface area contributed by atoms with E-state index in [4.69, 9.17) is 29.4 Å². The van der Waals surface area contributed by atoms with Crippen LogP contribution >= 0.6 is 0 Å². The highest BCUT2D eigenvalue weighted by atomic mass is 16.6. The molecule has 3 heterocycles. The fraction of sp³-hybridized carbons (Fsp3) is 0.816. The largest absolute Gasteiger partial charge is 0.463 e. The van der Waals surface area contributed by atoms with Crippen molar-refractivity contribution >= 4 is 40.9 Å². The second kappa shape index (κ2) is 34.5. The molecule has 0 amide bonds. The van der Waals surface area contributed by atoms with Gasteiger partial charge in [-0.05, 0) is 12.8 Å². The summed E-state index contributed by atoms with van der Waals surface area (Å²) in [7, 11) is 0. The van der Waals surface area contributed by atoms with Crippen molar-refractivity contribution in [2.75, 3.05) is 25.6 Å². The van der Waals surface area contributed by atoms with Gasteiger partial charge in [0.15, 0.2) is 23.8 Å². The van der Waals surface area contributed by atoms with Gasteiger partial charge in [-0.15, -0.1) is 0 Å². The van der Waals surface area contributed by atoms with Crippen LogP contribution in [0.5, 0.6) is 0 Å². The standard InChI is InChI=1S/C49H83N5O10/c1-3-5-7-9-11-13-15-17-19-21-23-25-27-29-42(56)61-35-40(63-45(59)30-28-26-24-22-20-18-16-14-12-10-8-6-4-2)36-62-44(58)32-31-43(57)60-34-39-33-41(55)49(64-39)54-38-53-46-47(50)51-37-52-48(46)54/h37-41,49,55H,3-36H2,1-2H3,(H2,50,51,52)/t39-,40?,41+,49+/m0/s1. The molecule has 15 nitrogen and oxygen atoms in total. The fourth-order valence-corrected chi connectivity index (χ4v) is 8.06. The number of anilines is 1. The number of carbonyl (C=O) groups is 4. The summed E-state index contributed by atoms with van der Waals surface area (Å²) in [5.74, 6) is -1.93. The molecule has 1 saturated heterocycles. The molecule has 0 aliphatic carbocycles. The average molecular weight is 902 g/mol. The van der Waals surface area contributed by atoms with Crippen LogP contribution in [-0.2, 0) is 42.9 Å². The summed E-state index contributed by atoms with van der Waals surface area (Å²) in [6, 6.07) is 0. The van der Waals surface area contributed by atoms with Crippen molar-refractivity contribution in [3.63, 3.8) is 0 Å². The van der Waals surface area contributed by atoms with Crippen molar-refractivity contribution < 1.29 is 48.0 Å². The van der Waals surface area contributed by atoms with E-state index >= 15 is 0 Å². The third-order valence-electron chi connectivity index (χ3n) is 11.9. The van der Waals surface area contributed by atoms with Gasteiger partial charge in [0.25, 0.3) is 0 Å². The number of nitrogens with zero attached hydrogens (tertiary/aromatic N) is 4. The van der Waals surface area contributed by atoms with Gasteiger partial charge < -0.3 is 34.5 Å². The van der Waals surface area contributed by atoms with E-state index in [0.717, 1.165) is 38.5 Å². The van der Waals surface area contributed by atoms with Gasteiger partial charge in [-0.2, -0.15) is 0 Å². The summed E-state index contributed by atoms with van der Waals surface area (Å²) in [4.78, 5) is 63.0. The Morgan fingerprint density at radius 1 is 0.625 bits per heavy atom. The molecule has 0 radical (unpaired) electrons. The van der Waals surface area contributed by atoms with Gasteiger partial charge in [0.1, 0.15) is 37.8 Å². The number of fused-ring (bicyclic) bond motifs is 1. The number of nitrogen functional groups attached to an aromatic ring is 1. The predicted octanol–water partition coefficient (Wildman–Crippen LogP) is 10.3. The maximum atomic E-state index is 12.8. The van der Waals surface area contributed by atoms with Gasteiger partial charge in [-0.25, -0.2) is 15.0 Å². The molecule has 0 spiro atoms. The first-order chi connectivity index (χ1) is 31.2. The molecule has 3 rings (SSSR count). The smallest absolute Gasteiger partial charge is 0.306 e. The van der Waals surface area contributed by atoms with Crippen molar-refractivity contribution in [3.8, 4) is 0 Å². The molecular weight excluding hydrogens is 819 g/mol. The number of aliphatic hydroxyl groups excluding tert-OH is 1. The van der Waals surface area contributed by atoms with Crippen LogP contribution in [0.25, 0.3) is 11.2 Å². The number of esters is 4. The molecule has 0 bridgehead atoms. The van der Waals surface area contributed by atoms with Crippen LogP contribution in [0.3, 0.4) is 0 Å². The van der Waals surface area contributed by atoms with Gasteiger partial charge in [0.2, 0.25) is 0 Å². The highest BCUT2D eigenvalue weighted by molar-refractivity contribution is 5.81. The third kappa shape index (κ3) is 23.9. The summed E-state index contributed by atoms with van der Waals surface area (Å²) in [5.41, 5.74) is 6.67. The molecule has 1 unspecified atom stereocenters. The molecule has 64 heavy (non-hydrogen) atoms. The van der Waals surface area contributed by atoms with E-state index in [1.165, 1.54) is 135 Å². The Labute approximate surface area is 383 Å². The lowest BCUT2D eigenvalue weighted by molar-refractivity contribution is -0.167. The number of imidazole rings is 1. The zero-order chi connectivity index (χ0) is 46.0. The fourth-order valence-electron chi connectivity index (χ4n) is 8.06. The molecule has 2 aromatic rings. The molecule has 1 aliphatic rings. The topological polar surface area (TPSA) is 204 Å². The number of ether oxygens (including phenoxy) is 5. The van der Waals surface area contributed by atoms with Crippen LogP contribution in [0.15, 0.2) is 12.7 Å². The van der Waals surface area contributed by atoms with Crippen LogP contribution in [0.4, 0.5) is 5.82 Å². The minimum Gasteiger partial charge on any atom is -0.463 e. The summed E-state index contributed by atoms with van der Waals surface area (Å²) in [6.07, 6.45) is 30.9. The minimum atomic E-state index is -0.963.